The lowest BCUT2D eigenvalue weighted by Gasteiger charge is -2.33. The van der Waals surface area contributed by atoms with Gasteiger partial charge in [0.2, 0.25) is 5.91 Å². The van der Waals surface area contributed by atoms with Crippen molar-refractivity contribution < 1.29 is 9.53 Å². The van der Waals surface area contributed by atoms with E-state index in [1.165, 1.54) is 0 Å². The van der Waals surface area contributed by atoms with E-state index in [1.807, 2.05) is 30.4 Å². The summed E-state index contributed by atoms with van der Waals surface area (Å²) in [6, 6.07) is 0.258. The van der Waals surface area contributed by atoms with Gasteiger partial charge in [0.1, 0.15) is 11.6 Å². The van der Waals surface area contributed by atoms with Crippen molar-refractivity contribution in [2.24, 2.45) is 5.92 Å². The summed E-state index contributed by atoms with van der Waals surface area (Å²) < 4.78 is 7.52. The van der Waals surface area contributed by atoms with Gasteiger partial charge in [-0.2, -0.15) is 5.10 Å². The monoisotopic (exact) mass is 292 g/mol. The zero-order chi connectivity index (χ0) is 15.0. The number of piperidine rings is 1. The van der Waals surface area contributed by atoms with Crippen molar-refractivity contribution in [1.82, 2.24) is 19.7 Å². The highest BCUT2D eigenvalue weighted by Gasteiger charge is 2.46. The fourth-order valence-electron chi connectivity index (χ4n) is 3.30. The molecule has 2 fully saturated rings. The fraction of sp³-hybridized carbons (Fsp3) is 0.800. The summed E-state index contributed by atoms with van der Waals surface area (Å²) in [7, 11) is 0. The van der Waals surface area contributed by atoms with Crippen molar-refractivity contribution in [3.63, 3.8) is 0 Å². The van der Waals surface area contributed by atoms with Crippen LogP contribution in [0.3, 0.4) is 0 Å². The van der Waals surface area contributed by atoms with Gasteiger partial charge in [0, 0.05) is 19.7 Å². The standard InChI is InChI=1S/C15H24N4O2/c1-4-21-14-8-13(14)15(20)18-7-5-6-12(9-18)19-11(3)16-10(2)17-19/h12-14H,4-9H2,1-3H3/t12-,13-,14+/m0/s1. The van der Waals surface area contributed by atoms with Crippen molar-refractivity contribution in [3.05, 3.63) is 11.6 Å². The molecule has 0 radical (unpaired) electrons. The normalized spacial score (nSPS) is 28.7. The molecule has 116 valence electrons. The van der Waals surface area contributed by atoms with E-state index in [-0.39, 0.29) is 24.0 Å². The molecule has 0 bridgehead atoms. The van der Waals surface area contributed by atoms with Crippen LogP contribution < -0.4 is 0 Å². The van der Waals surface area contributed by atoms with Crippen molar-refractivity contribution in [1.29, 1.82) is 0 Å². The predicted octanol–water partition coefficient (Wildman–Crippen LogP) is 1.48. The molecular formula is C15H24N4O2. The summed E-state index contributed by atoms with van der Waals surface area (Å²) in [6.07, 6.45) is 3.13. The maximum Gasteiger partial charge on any atom is 0.228 e. The maximum absolute atomic E-state index is 12.5. The topological polar surface area (TPSA) is 60.2 Å². The first-order valence-electron chi connectivity index (χ1n) is 7.90. The Morgan fingerprint density at radius 1 is 1.43 bits per heavy atom. The Hall–Kier alpha value is -1.43. The van der Waals surface area contributed by atoms with Crippen molar-refractivity contribution in [2.45, 2.75) is 52.2 Å². The number of hydrogen-bond donors (Lipinski definition) is 0. The SMILES string of the molecule is CCO[C@@H]1C[C@@H]1C(=O)N1CCC[C@H](n2nc(C)nc2C)C1. The Morgan fingerprint density at radius 3 is 2.90 bits per heavy atom. The van der Waals surface area contributed by atoms with E-state index in [2.05, 4.69) is 10.1 Å². The Morgan fingerprint density at radius 2 is 2.24 bits per heavy atom. The van der Waals surface area contributed by atoms with E-state index in [9.17, 15) is 4.79 Å². The van der Waals surface area contributed by atoms with E-state index >= 15 is 0 Å². The average Bonchev–Trinajstić information content (AvgIpc) is 3.15. The second kappa shape index (κ2) is 5.75. The Labute approximate surface area is 125 Å². The Kier molecular flexibility index (Phi) is 3.97. The fourth-order valence-corrected chi connectivity index (χ4v) is 3.30. The number of aryl methyl sites for hydroxylation is 2. The van der Waals surface area contributed by atoms with Gasteiger partial charge in [-0.25, -0.2) is 9.67 Å². The van der Waals surface area contributed by atoms with Crippen LogP contribution in [0, 0.1) is 19.8 Å². The summed E-state index contributed by atoms with van der Waals surface area (Å²) in [5.41, 5.74) is 0. The van der Waals surface area contributed by atoms with Gasteiger partial charge in [-0.1, -0.05) is 0 Å². The second-order valence-electron chi connectivity index (χ2n) is 6.07. The first-order valence-corrected chi connectivity index (χ1v) is 7.90. The minimum Gasteiger partial charge on any atom is -0.378 e. The molecule has 2 aliphatic rings. The van der Waals surface area contributed by atoms with Gasteiger partial charge in [0.05, 0.1) is 18.1 Å². The van der Waals surface area contributed by atoms with Crippen molar-refractivity contribution in [2.75, 3.05) is 19.7 Å². The maximum atomic E-state index is 12.5. The molecule has 0 N–H and O–H groups in total. The quantitative estimate of drug-likeness (QED) is 0.843. The summed E-state index contributed by atoms with van der Waals surface area (Å²) in [5, 5.41) is 4.48. The van der Waals surface area contributed by atoms with Gasteiger partial charge in [-0.15, -0.1) is 0 Å². The Bertz CT molecular complexity index is 528. The lowest BCUT2D eigenvalue weighted by Crippen LogP contribution is -2.42. The van der Waals surface area contributed by atoms with Crippen LogP contribution in [-0.2, 0) is 9.53 Å². The molecule has 1 saturated heterocycles. The van der Waals surface area contributed by atoms with E-state index < -0.39 is 0 Å². The number of likely N-dealkylation sites (tertiary alicyclic amines) is 1. The number of hydrogen-bond acceptors (Lipinski definition) is 4. The van der Waals surface area contributed by atoms with Crippen LogP contribution in [0.25, 0.3) is 0 Å². The van der Waals surface area contributed by atoms with Gasteiger partial charge in [-0.3, -0.25) is 4.79 Å². The molecule has 1 aromatic heterocycles. The summed E-state index contributed by atoms with van der Waals surface area (Å²) in [4.78, 5) is 18.9. The minimum atomic E-state index is 0.0854. The van der Waals surface area contributed by atoms with Crippen LogP contribution in [0.5, 0.6) is 0 Å². The number of aromatic nitrogens is 3. The lowest BCUT2D eigenvalue weighted by molar-refractivity contribution is -0.135. The number of amides is 1. The van der Waals surface area contributed by atoms with Crippen LogP contribution in [0.15, 0.2) is 0 Å². The Balaban J connectivity index is 1.64. The van der Waals surface area contributed by atoms with Crippen LogP contribution in [0.1, 0.15) is 43.9 Å². The first kappa shape index (κ1) is 14.5. The molecule has 3 rings (SSSR count). The highest BCUT2D eigenvalue weighted by molar-refractivity contribution is 5.82. The molecular weight excluding hydrogens is 268 g/mol. The van der Waals surface area contributed by atoms with E-state index in [0.29, 0.717) is 6.61 Å². The molecule has 1 amide bonds. The highest BCUT2D eigenvalue weighted by atomic mass is 16.5. The number of carbonyl (C=O) groups excluding carboxylic acids is 1. The van der Waals surface area contributed by atoms with Gasteiger partial charge in [-0.05, 0) is 40.0 Å². The number of nitrogens with zero attached hydrogens (tertiary/aromatic N) is 4. The molecule has 2 heterocycles. The van der Waals surface area contributed by atoms with Crippen LogP contribution in [-0.4, -0.2) is 51.4 Å². The van der Waals surface area contributed by atoms with Gasteiger partial charge in [0.15, 0.2) is 0 Å². The molecule has 1 saturated carbocycles. The summed E-state index contributed by atoms with van der Waals surface area (Å²) in [6.45, 7) is 8.16. The molecule has 1 aliphatic heterocycles. The molecule has 1 aromatic rings. The van der Waals surface area contributed by atoms with Crippen LogP contribution >= 0.6 is 0 Å². The molecule has 21 heavy (non-hydrogen) atoms. The average molecular weight is 292 g/mol. The molecule has 6 nitrogen and oxygen atoms in total. The van der Waals surface area contributed by atoms with Crippen LogP contribution in [0.4, 0.5) is 0 Å². The largest absolute Gasteiger partial charge is 0.378 e. The van der Waals surface area contributed by atoms with Gasteiger partial charge < -0.3 is 9.64 Å². The zero-order valence-electron chi connectivity index (χ0n) is 13.1. The molecule has 3 atom stereocenters. The molecule has 0 unspecified atom stereocenters. The number of rotatable bonds is 4. The number of carbonyl (C=O) groups is 1. The summed E-state index contributed by atoms with van der Waals surface area (Å²) >= 11 is 0. The second-order valence-corrected chi connectivity index (χ2v) is 6.07. The van der Waals surface area contributed by atoms with E-state index in [4.69, 9.17) is 4.74 Å². The first-order chi connectivity index (χ1) is 10.1. The molecule has 6 heteroatoms. The van der Waals surface area contributed by atoms with Gasteiger partial charge in [0.25, 0.3) is 0 Å². The van der Waals surface area contributed by atoms with Gasteiger partial charge >= 0.3 is 0 Å². The molecule has 0 spiro atoms. The molecule has 1 aliphatic carbocycles. The lowest BCUT2D eigenvalue weighted by atomic mass is 10.1. The van der Waals surface area contributed by atoms with Crippen molar-refractivity contribution >= 4 is 5.91 Å². The summed E-state index contributed by atoms with van der Waals surface area (Å²) in [5.74, 6) is 2.08. The molecule has 0 aromatic carbocycles. The zero-order valence-corrected chi connectivity index (χ0v) is 13.1. The minimum absolute atomic E-state index is 0.0854. The van der Waals surface area contributed by atoms with Crippen molar-refractivity contribution in [3.8, 4) is 0 Å². The third kappa shape index (κ3) is 2.95. The van der Waals surface area contributed by atoms with Crippen LogP contribution in [0.2, 0.25) is 0 Å². The highest BCUT2D eigenvalue weighted by Crippen LogP contribution is 2.36. The third-order valence-electron chi connectivity index (χ3n) is 4.39. The van der Waals surface area contributed by atoms with E-state index in [1.54, 1.807) is 0 Å². The third-order valence-corrected chi connectivity index (χ3v) is 4.39. The number of ether oxygens (including phenoxy) is 1. The van der Waals surface area contributed by atoms with E-state index in [0.717, 1.165) is 44.0 Å². The smallest absolute Gasteiger partial charge is 0.228 e. The predicted molar refractivity (Wildman–Crippen MR) is 77.9 cm³/mol.